The number of hydrogen-bond acceptors (Lipinski definition) is 4. The van der Waals surface area contributed by atoms with Crippen molar-refractivity contribution in [1.29, 1.82) is 0 Å². The number of pyridine rings is 1. The fourth-order valence-corrected chi connectivity index (χ4v) is 2.58. The Bertz CT molecular complexity index is 462. The molecule has 1 aliphatic heterocycles. The standard InChI is InChI=1S/C14H21N3O2/c1-10-5-4-6-15-13(10)14(19)17-9-12(18)7-11(17)8-16(2)3/h4-6,11-12,18H,7-9H2,1-3H3. The van der Waals surface area contributed by atoms with Crippen LogP contribution in [0.25, 0.3) is 0 Å². The van der Waals surface area contributed by atoms with Crippen LogP contribution in [0.2, 0.25) is 0 Å². The molecule has 0 bridgehead atoms. The molecule has 1 amide bonds. The van der Waals surface area contributed by atoms with Crippen LogP contribution in [-0.2, 0) is 0 Å². The van der Waals surface area contributed by atoms with Gasteiger partial charge in [0, 0.05) is 25.3 Å². The number of carbonyl (C=O) groups excluding carboxylic acids is 1. The van der Waals surface area contributed by atoms with Gasteiger partial charge in [-0.25, -0.2) is 0 Å². The highest BCUT2D eigenvalue weighted by molar-refractivity contribution is 5.94. The lowest BCUT2D eigenvalue weighted by atomic mass is 10.1. The van der Waals surface area contributed by atoms with Gasteiger partial charge in [0.1, 0.15) is 5.69 Å². The normalized spacial score (nSPS) is 23.1. The van der Waals surface area contributed by atoms with Crippen molar-refractivity contribution >= 4 is 5.91 Å². The topological polar surface area (TPSA) is 56.7 Å². The highest BCUT2D eigenvalue weighted by Gasteiger charge is 2.35. The van der Waals surface area contributed by atoms with E-state index in [9.17, 15) is 9.90 Å². The van der Waals surface area contributed by atoms with Gasteiger partial charge < -0.3 is 14.9 Å². The summed E-state index contributed by atoms with van der Waals surface area (Å²) in [5.41, 5.74) is 1.36. The highest BCUT2D eigenvalue weighted by Crippen LogP contribution is 2.21. The zero-order valence-electron chi connectivity index (χ0n) is 11.7. The average molecular weight is 263 g/mol. The summed E-state index contributed by atoms with van der Waals surface area (Å²) in [5, 5.41) is 9.82. The molecule has 104 valence electrons. The maximum Gasteiger partial charge on any atom is 0.273 e. The molecule has 1 saturated heterocycles. The van der Waals surface area contributed by atoms with Gasteiger partial charge in [-0.05, 0) is 39.1 Å². The second-order valence-corrected chi connectivity index (χ2v) is 5.43. The molecular weight excluding hydrogens is 242 g/mol. The number of aliphatic hydroxyl groups is 1. The fraction of sp³-hybridized carbons (Fsp3) is 0.571. The largest absolute Gasteiger partial charge is 0.391 e. The summed E-state index contributed by atoms with van der Waals surface area (Å²) in [5.74, 6) is -0.0819. The van der Waals surface area contributed by atoms with Crippen molar-refractivity contribution in [3.63, 3.8) is 0 Å². The molecule has 2 heterocycles. The van der Waals surface area contributed by atoms with Crippen LogP contribution in [0.15, 0.2) is 18.3 Å². The Morgan fingerprint density at radius 2 is 2.32 bits per heavy atom. The zero-order valence-corrected chi connectivity index (χ0v) is 11.7. The van der Waals surface area contributed by atoms with Crippen LogP contribution in [0.1, 0.15) is 22.5 Å². The van der Waals surface area contributed by atoms with E-state index in [2.05, 4.69) is 4.98 Å². The summed E-state index contributed by atoms with van der Waals surface area (Å²) in [7, 11) is 3.94. The van der Waals surface area contributed by atoms with E-state index in [4.69, 9.17) is 0 Å². The van der Waals surface area contributed by atoms with Crippen LogP contribution in [-0.4, -0.2) is 65.1 Å². The van der Waals surface area contributed by atoms with E-state index in [1.165, 1.54) is 0 Å². The smallest absolute Gasteiger partial charge is 0.273 e. The lowest BCUT2D eigenvalue weighted by Crippen LogP contribution is -2.42. The molecule has 2 unspecified atom stereocenters. The zero-order chi connectivity index (χ0) is 14.0. The van der Waals surface area contributed by atoms with E-state index < -0.39 is 6.10 Å². The molecule has 1 aromatic heterocycles. The fourth-order valence-electron chi connectivity index (χ4n) is 2.58. The predicted octanol–water partition coefficient (Wildman–Crippen LogP) is 0.527. The average Bonchev–Trinajstić information content (AvgIpc) is 2.69. The minimum Gasteiger partial charge on any atom is -0.391 e. The van der Waals surface area contributed by atoms with Gasteiger partial charge in [-0.2, -0.15) is 0 Å². The molecule has 0 saturated carbocycles. The maximum absolute atomic E-state index is 12.5. The van der Waals surface area contributed by atoms with E-state index in [0.29, 0.717) is 18.7 Å². The Morgan fingerprint density at radius 1 is 1.58 bits per heavy atom. The molecule has 2 atom stereocenters. The molecule has 0 spiro atoms. The molecule has 1 N–H and O–H groups in total. The van der Waals surface area contributed by atoms with Crippen molar-refractivity contribution in [3.8, 4) is 0 Å². The Labute approximate surface area is 113 Å². The molecule has 1 aliphatic rings. The summed E-state index contributed by atoms with van der Waals surface area (Å²) in [4.78, 5) is 20.5. The van der Waals surface area contributed by atoms with E-state index in [1.54, 1.807) is 11.1 Å². The van der Waals surface area contributed by atoms with Gasteiger partial charge in [0.25, 0.3) is 5.91 Å². The number of likely N-dealkylation sites (tertiary alicyclic amines) is 1. The second-order valence-electron chi connectivity index (χ2n) is 5.43. The maximum atomic E-state index is 12.5. The van der Waals surface area contributed by atoms with Crippen LogP contribution in [0, 0.1) is 6.92 Å². The Kier molecular flexibility index (Phi) is 4.17. The molecule has 5 nitrogen and oxygen atoms in total. The first-order valence-electron chi connectivity index (χ1n) is 6.54. The first-order valence-corrected chi connectivity index (χ1v) is 6.54. The molecule has 2 rings (SSSR count). The molecule has 1 fully saturated rings. The summed E-state index contributed by atoms with van der Waals surface area (Å²) >= 11 is 0. The van der Waals surface area contributed by atoms with Crippen molar-refractivity contribution in [2.45, 2.75) is 25.5 Å². The Hall–Kier alpha value is -1.46. The van der Waals surface area contributed by atoms with E-state index >= 15 is 0 Å². The first kappa shape index (κ1) is 14.0. The third-order valence-corrected chi connectivity index (χ3v) is 3.44. The molecule has 0 aromatic carbocycles. The Balaban J connectivity index is 2.19. The van der Waals surface area contributed by atoms with Crippen LogP contribution < -0.4 is 0 Å². The van der Waals surface area contributed by atoms with Gasteiger partial charge in [-0.15, -0.1) is 0 Å². The van der Waals surface area contributed by atoms with Crippen molar-refractivity contribution < 1.29 is 9.90 Å². The van der Waals surface area contributed by atoms with Crippen molar-refractivity contribution in [2.75, 3.05) is 27.2 Å². The van der Waals surface area contributed by atoms with Crippen LogP contribution in [0.4, 0.5) is 0 Å². The molecule has 0 radical (unpaired) electrons. The third kappa shape index (κ3) is 3.11. The molecule has 0 aliphatic carbocycles. The number of aryl methyl sites for hydroxylation is 1. The Morgan fingerprint density at radius 3 is 2.95 bits per heavy atom. The lowest BCUT2D eigenvalue weighted by Gasteiger charge is -2.26. The third-order valence-electron chi connectivity index (χ3n) is 3.44. The van der Waals surface area contributed by atoms with Crippen molar-refractivity contribution in [1.82, 2.24) is 14.8 Å². The molecule has 5 heteroatoms. The first-order chi connectivity index (χ1) is 8.99. The van der Waals surface area contributed by atoms with Crippen LogP contribution in [0.3, 0.4) is 0 Å². The number of likely N-dealkylation sites (N-methyl/N-ethyl adjacent to an activating group) is 1. The highest BCUT2D eigenvalue weighted by atomic mass is 16.3. The van der Waals surface area contributed by atoms with Crippen LogP contribution >= 0.6 is 0 Å². The van der Waals surface area contributed by atoms with Gasteiger partial charge in [-0.1, -0.05) is 6.07 Å². The van der Waals surface area contributed by atoms with Gasteiger partial charge in [0.15, 0.2) is 0 Å². The van der Waals surface area contributed by atoms with E-state index in [0.717, 1.165) is 12.1 Å². The summed E-state index contributed by atoms with van der Waals surface area (Å²) in [6, 6.07) is 3.76. The molecule has 19 heavy (non-hydrogen) atoms. The van der Waals surface area contributed by atoms with Gasteiger partial charge in [0.2, 0.25) is 0 Å². The van der Waals surface area contributed by atoms with Gasteiger partial charge >= 0.3 is 0 Å². The van der Waals surface area contributed by atoms with Gasteiger partial charge in [0.05, 0.1) is 6.10 Å². The van der Waals surface area contributed by atoms with E-state index in [1.807, 2.05) is 38.1 Å². The number of rotatable bonds is 3. The number of aliphatic hydroxyl groups excluding tert-OH is 1. The second kappa shape index (κ2) is 5.67. The van der Waals surface area contributed by atoms with Gasteiger partial charge in [-0.3, -0.25) is 9.78 Å². The number of amides is 1. The SMILES string of the molecule is Cc1cccnc1C(=O)N1CC(O)CC1CN(C)C. The minimum atomic E-state index is -0.432. The van der Waals surface area contributed by atoms with Crippen molar-refractivity contribution in [3.05, 3.63) is 29.6 Å². The summed E-state index contributed by atoms with van der Waals surface area (Å²) in [6.07, 6.45) is 1.83. The van der Waals surface area contributed by atoms with Crippen LogP contribution in [0.5, 0.6) is 0 Å². The quantitative estimate of drug-likeness (QED) is 0.864. The van der Waals surface area contributed by atoms with Crippen molar-refractivity contribution in [2.24, 2.45) is 0 Å². The number of β-amino-alcohol motifs (C(OH)–C–C–N with tert-alkyl or cyclic N) is 1. The number of aromatic nitrogens is 1. The lowest BCUT2D eigenvalue weighted by molar-refractivity contribution is 0.0692. The number of carbonyl (C=O) groups is 1. The monoisotopic (exact) mass is 263 g/mol. The predicted molar refractivity (Wildman–Crippen MR) is 73.0 cm³/mol. The number of hydrogen-bond donors (Lipinski definition) is 1. The summed E-state index contributed by atoms with van der Waals surface area (Å²) < 4.78 is 0. The molecular formula is C14H21N3O2. The summed E-state index contributed by atoms with van der Waals surface area (Å²) in [6.45, 7) is 3.04. The number of nitrogens with zero attached hydrogens (tertiary/aromatic N) is 3. The molecule has 1 aromatic rings. The minimum absolute atomic E-state index is 0.0545. The van der Waals surface area contributed by atoms with E-state index in [-0.39, 0.29) is 11.9 Å².